The van der Waals surface area contributed by atoms with Crippen LogP contribution < -0.4 is 16.0 Å². The van der Waals surface area contributed by atoms with E-state index in [2.05, 4.69) is 35.2 Å². The van der Waals surface area contributed by atoms with Gasteiger partial charge in [-0.25, -0.2) is 9.98 Å². The highest BCUT2D eigenvalue weighted by Gasteiger charge is 2.03. The lowest BCUT2D eigenvalue weighted by atomic mass is 10.1. The average molecular weight is 303 g/mol. The van der Waals surface area contributed by atoms with Gasteiger partial charge in [0.05, 0.1) is 12.2 Å². The van der Waals surface area contributed by atoms with Gasteiger partial charge in [-0.2, -0.15) is 0 Å². The fraction of sp³-hybridized carbons (Fsp3) is 0.333. The number of nitrogens with two attached hydrogens (primary N) is 1. The van der Waals surface area contributed by atoms with Crippen LogP contribution in [0, 0.1) is 13.8 Å². The standard InChI is InChI=1S/C15H21N5S/c1-10-5-11(2)7-12(6-10)18-14(16)17-8-13-9-21-15(19-13)20(3)4/h5-7,9H,8H2,1-4H3,(H3,16,17,18). The maximum absolute atomic E-state index is 5.92. The number of rotatable bonds is 4. The molecular weight excluding hydrogens is 282 g/mol. The Kier molecular flexibility index (Phi) is 4.80. The molecule has 0 aliphatic carbocycles. The first-order chi connectivity index (χ1) is 9.94. The van der Waals surface area contributed by atoms with Gasteiger partial charge in [0.15, 0.2) is 11.1 Å². The van der Waals surface area contributed by atoms with E-state index in [4.69, 9.17) is 5.73 Å². The van der Waals surface area contributed by atoms with Crippen LogP contribution in [-0.4, -0.2) is 25.0 Å². The summed E-state index contributed by atoms with van der Waals surface area (Å²) in [5.74, 6) is 0.402. The molecule has 2 rings (SSSR count). The summed E-state index contributed by atoms with van der Waals surface area (Å²) in [6.07, 6.45) is 0. The summed E-state index contributed by atoms with van der Waals surface area (Å²) in [6.45, 7) is 4.60. The van der Waals surface area contributed by atoms with Gasteiger partial charge in [0, 0.05) is 25.2 Å². The molecule has 0 amide bonds. The summed E-state index contributed by atoms with van der Waals surface area (Å²) in [7, 11) is 3.95. The Morgan fingerprint density at radius 2 is 1.95 bits per heavy atom. The van der Waals surface area contributed by atoms with Crippen LogP contribution in [0.2, 0.25) is 0 Å². The molecule has 0 fully saturated rings. The summed E-state index contributed by atoms with van der Waals surface area (Å²) in [6, 6.07) is 6.21. The number of nitrogens with zero attached hydrogens (tertiary/aromatic N) is 3. The SMILES string of the molecule is Cc1cc(C)cc(NC(N)=NCc2csc(N(C)C)n2)c1. The van der Waals surface area contributed by atoms with E-state index in [9.17, 15) is 0 Å². The zero-order valence-electron chi connectivity index (χ0n) is 12.8. The highest BCUT2D eigenvalue weighted by Crippen LogP contribution is 2.18. The molecule has 0 unspecified atom stereocenters. The van der Waals surface area contributed by atoms with Crippen molar-refractivity contribution in [2.24, 2.45) is 10.7 Å². The molecule has 3 N–H and O–H groups in total. The molecule has 5 nitrogen and oxygen atoms in total. The predicted molar refractivity (Wildman–Crippen MR) is 91.3 cm³/mol. The van der Waals surface area contributed by atoms with Crippen molar-refractivity contribution in [3.8, 4) is 0 Å². The summed E-state index contributed by atoms with van der Waals surface area (Å²) >= 11 is 1.60. The van der Waals surface area contributed by atoms with E-state index in [-0.39, 0.29) is 0 Å². The molecule has 0 aliphatic rings. The van der Waals surface area contributed by atoms with E-state index < -0.39 is 0 Å². The third kappa shape index (κ3) is 4.46. The molecule has 0 spiro atoms. The first-order valence-corrected chi connectivity index (χ1v) is 7.59. The molecule has 112 valence electrons. The quantitative estimate of drug-likeness (QED) is 0.673. The minimum Gasteiger partial charge on any atom is -0.370 e. The second-order valence-corrected chi connectivity index (χ2v) is 6.06. The largest absolute Gasteiger partial charge is 0.370 e. The lowest BCUT2D eigenvalue weighted by molar-refractivity contribution is 0.986. The monoisotopic (exact) mass is 303 g/mol. The van der Waals surface area contributed by atoms with Gasteiger partial charge < -0.3 is 16.0 Å². The Morgan fingerprint density at radius 3 is 2.52 bits per heavy atom. The van der Waals surface area contributed by atoms with Crippen LogP contribution in [0.4, 0.5) is 10.8 Å². The third-order valence-corrected chi connectivity index (χ3v) is 3.88. The topological polar surface area (TPSA) is 66.5 Å². The van der Waals surface area contributed by atoms with Crippen molar-refractivity contribution in [2.75, 3.05) is 24.3 Å². The van der Waals surface area contributed by atoms with Gasteiger partial charge in [-0.3, -0.25) is 0 Å². The lowest BCUT2D eigenvalue weighted by Crippen LogP contribution is -2.22. The van der Waals surface area contributed by atoms with E-state index in [1.54, 1.807) is 11.3 Å². The summed E-state index contributed by atoms with van der Waals surface area (Å²) in [5.41, 5.74) is 10.2. The maximum Gasteiger partial charge on any atom is 0.193 e. The van der Waals surface area contributed by atoms with Gasteiger partial charge in [0.2, 0.25) is 0 Å². The second-order valence-electron chi connectivity index (χ2n) is 5.22. The fourth-order valence-electron chi connectivity index (χ4n) is 1.97. The number of hydrogen-bond donors (Lipinski definition) is 2. The summed E-state index contributed by atoms with van der Waals surface area (Å²) < 4.78 is 0. The maximum atomic E-state index is 5.92. The van der Waals surface area contributed by atoms with Crippen LogP contribution in [0.3, 0.4) is 0 Å². The molecule has 0 bridgehead atoms. The Bertz CT molecular complexity index is 625. The Morgan fingerprint density at radius 1 is 1.29 bits per heavy atom. The summed E-state index contributed by atoms with van der Waals surface area (Å²) in [4.78, 5) is 10.8. The number of benzene rings is 1. The number of hydrogen-bond acceptors (Lipinski definition) is 4. The molecule has 0 saturated carbocycles. The van der Waals surface area contributed by atoms with Crippen LogP contribution in [-0.2, 0) is 6.54 Å². The van der Waals surface area contributed by atoms with Crippen molar-refractivity contribution < 1.29 is 0 Å². The number of guanidine groups is 1. The van der Waals surface area contributed by atoms with Crippen molar-refractivity contribution >= 4 is 28.1 Å². The van der Waals surface area contributed by atoms with Crippen LogP contribution in [0.5, 0.6) is 0 Å². The lowest BCUT2D eigenvalue weighted by Gasteiger charge is -2.08. The number of aromatic nitrogens is 1. The molecule has 1 heterocycles. The molecule has 2 aromatic rings. The van der Waals surface area contributed by atoms with Gasteiger partial charge in [-0.05, 0) is 37.1 Å². The average Bonchev–Trinajstić information content (AvgIpc) is 2.84. The third-order valence-electron chi connectivity index (χ3n) is 2.83. The van der Waals surface area contributed by atoms with Gasteiger partial charge >= 0.3 is 0 Å². The number of aryl methyl sites for hydroxylation is 2. The zero-order chi connectivity index (χ0) is 15.4. The predicted octanol–water partition coefficient (Wildman–Crippen LogP) is 2.75. The second kappa shape index (κ2) is 6.58. The van der Waals surface area contributed by atoms with E-state index in [0.717, 1.165) is 16.5 Å². The molecule has 0 aliphatic heterocycles. The van der Waals surface area contributed by atoms with Crippen molar-refractivity contribution in [3.63, 3.8) is 0 Å². The van der Waals surface area contributed by atoms with E-state index in [1.165, 1.54) is 11.1 Å². The molecule has 0 saturated heterocycles. The van der Waals surface area contributed by atoms with E-state index in [1.807, 2.05) is 36.5 Å². The smallest absolute Gasteiger partial charge is 0.193 e. The number of nitrogens with one attached hydrogen (secondary N) is 1. The van der Waals surface area contributed by atoms with Crippen molar-refractivity contribution in [2.45, 2.75) is 20.4 Å². The molecule has 0 atom stereocenters. The van der Waals surface area contributed by atoms with Gasteiger partial charge in [-0.1, -0.05) is 6.07 Å². The zero-order valence-corrected chi connectivity index (χ0v) is 13.7. The molecule has 6 heteroatoms. The fourth-order valence-corrected chi connectivity index (χ4v) is 2.72. The molecule has 21 heavy (non-hydrogen) atoms. The van der Waals surface area contributed by atoms with E-state index in [0.29, 0.717) is 12.5 Å². The number of anilines is 2. The molecular formula is C15H21N5S. The van der Waals surface area contributed by atoms with Crippen molar-refractivity contribution in [1.82, 2.24) is 4.98 Å². The normalized spacial score (nSPS) is 11.5. The number of thiazole rings is 1. The van der Waals surface area contributed by atoms with Crippen molar-refractivity contribution in [1.29, 1.82) is 0 Å². The van der Waals surface area contributed by atoms with Gasteiger partial charge in [0.1, 0.15) is 0 Å². The first-order valence-electron chi connectivity index (χ1n) is 6.71. The van der Waals surface area contributed by atoms with Crippen LogP contribution in [0.25, 0.3) is 0 Å². The van der Waals surface area contributed by atoms with E-state index >= 15 is 0 Å². The molecule has 1 aromatic carbocycles. The van der Waals surface area contributed by atoms with Crippen LogP contribution >= 0.6 is 11.3 Å². The van der Waals surface area contributed by atoms with Gasteiger partial charge in [0.25, 0.3) is 0 Å². The highest BCUT2D eigenvalue weighted by atomic mass is 32.1. The Hall–Kier alpha value is -2.08. The van der Waals surface area contributed by atoms with Gasteiger partial charge in [-0.15, -0.1) is 11.3 Å². The Balaban J connectivity index is 2.00. The number of aliphatic imine (C=N–C) groups is 1. The van der Waals surface area contributed by atoms with Crippen LogP contribution in [0.15, 0.2) is 28.6 Å². The Labute approximate surface area is 129 Å². The van der Waals surface area contributed by atoms with Crippen molar-refractivity contribution in [3.05, 3.63) is 40.4 Å². The minimum atomic E-state index is 0.402. The minimum absolute atomic E-state index is 0.402. The highest BCUT2D eigenvalue weighted by molar-refractivity contribution is 7.13. The summed E-state index contributed by atoms with van der Waals surface area (Å²) in [5, 5.41) is 6.09. The molecule has 0 radical (unpaired) electrons. The van der Waals surface area contributed by atoms with Crippen LogP contribution in [0.1, 0.15) is 16.8 Å². The molecule has 1 aromatic heterocycles. The first kappa shape index (κ1) is 15.3.